The van der Waals surface area contributed by atoms with Crippen molar-refractivity contribution >= 4 is 16.0 Å². The largest absolute Gasteiger partial charge is 0.480 e. The first-order valence-corrected chi connectivity index (χ1v) is 11.2. The minimum absolute atomic E-state index is 0.0318. The van der Waals surface area contributed by atoms with Gasteiger partial charge in [-0.05, 0) is 46.7 Å². The molecule has 0 aliphatic carbocycles. The van der Waals surface area contributed by atoms with Gasteiger partial charge in [-0.2, -0.15) is 4.72 Å². The van der Waals surface area contributed by atoms with Gasteiger partial charge < -0.3 is 5.11 Å². The number of rotatable bonds is 8. The van der Waals surface area contributed by atoms with E-state index in [1.54, 1.807) is 36.4 Å². The molecule has 3 aromatic carbocycles. The maximum Gasteiger partial charge on any atom is 0.322 e. The van der Waals surface area contributed by atoms with Gasteiger partial charge in [-0.1, -0.05) is 80.6 Å². The molecule has 30 heavy (non-hydrogen) atoms. The molecule has 2 N–H and O–H groups in total. The standard InChI is InChI=1S/C24H25NO4S/c1-17(2)19-8-10-20(11-9-19)21-12-14-22(15-13-21)30(28,29)25-23(24(26)27)16-18-6-4-3-5-7-18/h3-15,17,23,25H,16H2,1-2H3,(H,26,27)/t23-/m0/s1. The quantitative estimate of drug-likeness (QED) is 0.561. The summed E-state index contributed by atoms with van der Waals surface area (Å²) in [4.78, 5) is 11.6. The fourth-order valence-corrected chi connectivity index (χ4v) is 4.36. The van der Waals surface area contributed by atoms with E-state index in [0.717, 1.165) is 16.7 Å². The molecule has 0 spiro atoms. The van der Waals surface area contributed by atoms with Crippen LogP contribution in [0.15, 0.2) is 83.8 Å². The van der Waals surface area contributed by atoms with Crippen LogP contribution in [0, 0.1) is 0 Å². The Morgan fingerprint density at radius 1 is 0.867 bits per heavy atom. The summed E-state index contributed by atoms with van der Waals surface area (Å²) >= 11 is 0. The van der Waals surface area contributed by atoms with Gasteiger partial charge in [0, 0.05) is 0 Å². The van der Waals surface area contributed by atoms with Gasteiger partial charge in [-0.25, -0.2) is 8.42 Å². The highest BCUT2D eigenvalue weighted by Gasteiger charge is 2.25. The van der Waals surface area contributed by atoms with Gasteiger partial charge >= 0.3 is 5.97 Å². The number of nitrogens with one attached hydrogen (secondary N) is 1. The van der Waals surface area contributed by atoms with E-state index >= 15 is 0 Å². The Morgan fingerprint density at radius 3 is 1.90 bits per heavy atom. The highest BCUT2D eigenvalue weighted by Crippen LogP contribution is 2.24. The predicted molar refractivity (Wildman–Crippen MR) is 118 cm³/mol. The molecule has 0 fully saturated rings. The molecule has 0 aliphatic rings. The maximum absolute atomic E-state index is 12.7. The van der Waals surface area contributed by atoms with E-state index in [-0.39, 0.29) is 11.3 Å². The summed E-state index contributed by atoms with van der Waals surface area (Å²) in [7, 11) is -3.97. The number of aliphatic carboxylic acids is 1. The van der Waals surface area contributed by atoms with Crippen LogP contribution in [0.25, 0.3) is 11.1 Å². The van der Waals surface area contributed by atoms with Gasteiger partial charge in [0.2, 0.25) is 10.0 Å². The van der Waals surface area contributed by atoms with Crippen molar-refractivity contribution in [1.82, 2.24) is 4.72 Å². The van der Waals surface area contributed by atoms with Gasteiger partial charge in [-0.3, -0.25) is 4.79 Å². The molecule has 0 saturated heterocycles. The van der Waals surface area contributed by atoms with Crippen molar-refractivity contribution in [3.05, 3.63) is 90.0 Å². The van der Waals surface area contributed by atoms with Crippen molar-refractivity contribution in [3.8, 4) is 11.1 Å². The van der Waals surface area contributed by atoms with Crippen LogP contribution >= 0.6 is 0 Å². The second kappa shape index (κ2) is 9.24. The van der Waals surface area contributed by atoms with Gasteiger partial charge in [0.15, 0.2) is 0 Å². The van der Waals surface area contributed by atoms with Gasteiger partial charge in [-0.15, -0.1) is 0 Å². The third-order valence-corrected chi connectivity index (χ3v) is 6.44. The zero-order valence-corrected chi connectivity index (χ0v) is 17.8. The van der Waals surface area contributed by atoms with E-state index in [0.29, 0.717) is 5.92 Å². The Kier molecular flexibility index (Phi) is 6.70. The molecule has 5 nitrogen and oxygen atoms in total. The van der Waals surface area contributed by atoms with Crippen molar-refractivity contribution in [2.75, 3.05) is 0 Å². The zero-order chi connectivity index (χ0) is 21.7. The smallest absolute Gasteiger partial charge is 0.322 e. The number of hydrogen-bond acceptors (Lipinski definition) is 3. The molecule has 0 saturated carbocycles. The first-order chi connectivity index (χ1) is 14.3. The number of hydrogen-bond donors (Lipinski definition) is 2. The average Bonchev–Trinajstić information content (AvgIpc) is 2.74. The molecule has 0 amide bonds. The van der Waals surface area contributed by atoms with E-state index in [4.69, 9.17) is 0 Å². The molecule has 0 aliphatic heterocycles. The van der Waals surface area contributed by atoms with E-state index in [1.807, 2.05) is 18.2 Å². The molecule has 6 heteroatoms. The molecular weight excluding hydrogens is 398 g/mol. The minimum atomic E-state index is -3.97. The summed E-state index contributed by atoms with van der Waals surface area (Å²) in [6, 6.07) is 22.3. The Labute approximate surface area is 177 Å². The SMILES string of the molecule is CC(C)c1ccc(-c2ccc(S(=O)(=O)N[C@@H](Cc3ccccc3)C(=O)O)cc2)cc1. The first kappa shape index (κ1) is 21.7. The Hall–Kier alpha value is -2.96. The summed E-state index contributed by atoms with van der Waals surface area (Å²) in [6.07, 6.45) is 0.0652. The van der Waals surface area contributed by atoms with Gasteiger partial charge in [0.25, 0.3) is 0 Å². The molecule has 1 atom stereocenters. The van der Waals surface area contributed by atoms with E-state index in [2.05, 4.69) is 30.7 Å². The van der Waals surface area contributed by atoms with Crippen LogP contribution in [-0.2, 0) is 21.2 Å². The number of carbonyl (C=O) groups is 1. The van der Waals surface area contributed by atoms with E-state index in [1.165, 1.54) is 17.7 Å². The summed E-state index contributed by atoms with van der Waals surface area (Å²) in [5, 5.41) is 9.47. The van der Waals surface area contributed by atoms with Crippen molar-refractivity contribution in [2.24, 2.45) is 0 Å². The molecule has 156 valence electrons. The summed E-state index contributed by atoms with van der Waals surface area (Å²) in [5.74, 6) is -0.778. The van der Waals surface area contributed by atoms with Crippen LogP contribution in [-0.4, -0.2) is 25.5 Å². The van der Waals surface area contributed by atoms with Gasteiger partial charge in [0.05, 0.1) is 4.90 Å². The monoisotopic (exact) mass is 423 g/mol. The highest BCUT2D eigenvalue weighted by molar-refractivity contribution is 7.89. The van der Waals surface area contributed by atoms with Crippen molar-refractivity contribution in [1.29, 1.82) is 0 Å². The molecule has 0 heterocycles. The average molecular weight is 424 g/mol. The first-order valence-electron chi connectivity index (χ1n) is 9.76. The highest BCUT2D eigenvalue weighted by atomic mass is 32.2. The minimum Gasteiger partial charge on any atom is -0.480 e. The fraction of sp³-hybridized carbons (Fsp3) is 0.208. The third kappa shape index (κ3) is 5.34. The van der Waals surface area contributed by atoms with E-state index < -0.39 is 22.0 Å². The lowest BCUT2D eigenvalue weighted by molar-refractivity contribution is -0.138. The van der Waals surface area contributed by atoms with Crippen LogP contribution in [0.1, 0.15) is 30.9 Å². The number of carboxylic acid groups (broad SMARTS) is 1. The van der Waals surface area contributed by atoms with Crippen LogP contribution in [0.2, 0.25) is 0 Å². The maximum atomic E-state index is 12.7. The summed E-state index contributed by atoms with van der Waals surface area (Å²) in [6.45, 7) is 4.26. The predicted octanol–water partition coefficient (Wildman–Crippen LogP) is 4.45. The molecular formula is C24H25NO4S. The lowest BCUT2D eigenvalue weighted by atomic mass is 9.99. The summed E-state index contributed by atoms with van der Waals surface area (Å²) in [5.41, 5.74) is 3.86. The normalized spacial score (nSPS) is 12.6. The number of sulfonamides is 1. The molecule has 0 unspecified atom stereocenters. The molecule has 3 rings (SSSR count). The lowest BCUT2D eigenvalue weighted by Crippen LogP contribution is -2.42. The molecule has 0 aromatic heterocycles. The van der Waals surface area contributed by atoms with Gasteiger partial charge in [0.1, 0.15) is 6.04 Å². The second-order valence-electron chi connectivity index (χ2n) is 7.50. The molecule has 0 radical (unpaired) electrons. The zero-order valence-electron chi connectivity index (χ0n) is 16.9. The molecule has 0 bridgehead atoms. The number of benzene rings is 3. The van der Waals surface area contributed by atoms with Crippen LogP contribution < -0.4 is 4.72 Å². The van der Waals surface area contributed by atoms with Crippen molar-refractivity contribution in [3.63, 3.8) is 0 Å². The van der Waals surface area contributed by atoms with Crippen LogP contribution in [0.4, 0.5) is 0 Å². The lowest BCUT2D eigenvalue weighted by Gasteiger charge is -2.15. The topological polar surface area (TPSA) is 83.5 Å². The third-order valence-electron chi connectivity index (χ3n) is 4.95. The Bertz CT molecular complexity index is 1090. The molecule has 3 aromatic rings. The van der Waals surface area contributed by atoms with Crippen molar-refractivity contribution < 1.29 is 18.3 Å². The number of carboxylic acids is 1. The fourth-order valence-electron chi connectivity index (χ4n) is 3.17. The van der Waals surface area contributed by atoms with Crippen LogP contribution in [0.5, 0.6) is 0 Å². The Morgan fingerprint density at radius 2 is 1.40 bits per heavy atom. The summed E-state index contributed by atoms with van der Waals surface area (Å²) < 4.78 is 27.8. The second-order valence-corrected chi connectivity index (χ2v) is 9.22. The van der Waals surface area contributed by atoms with Crippen molar-refractivity contribution in [2.45, 2.75) is 37.1 Å². The van der Waals surface area contributed by atoms with E-state index in [9.17, 15) is 18.3 Å². The Balaban J connectivity index is 1.77. The van der Waals surface area contributed by atoms with Crippen LogP contribution in [0.3, 0.4) is 0 Å².